The van der Waals surface area contributed by atoms with E-state index in [4.69, 9.17) is 9.26 Å². The number of aryl methyl sites for hydroxylation is 1. The minimum Gasteiger partial charge on any atom is -0.497 e. The number of methoxy groups -OCH3 is 1. The molecule has 3 aromatic rings. The Labute approximate surface area is 134 Å². The molecule has 0 atom stereocenters. The first-order valence-electron chi connectivity index (χ1n) is 7.38. The van der Waals surface area contributed by atoms with Crippen molar-refractivity contribution in [1.82, 2.24) is 15.1 Å². The maximum absolute atomic E-state index is 5.22. The molecule has 0 aliphatic carbocycles. The van der Waals surface area contributed by atoms with Crippen LogP contribution in [0.5, 0.6) is 5.75 Å². The summed E-state index contributed by atoms with van der Waals surface area (Å²) in [5, 5.41) is 7.11. The molecule has 0 unspecified atom stereocenters. The molecule has 1 N–H and O–H groups in total. The molecule has 0 radical (unpaired) electrons. The van der Waals surface area contributed by atoms with Crippen LogP contribution in [0.15, 0.2) is 47.1 Å². The van der Waals surface area contributed by atoms with Crippen LogP contribution in [0.25, 0.3) is 11.4 Å². The molecule has 0 fully saturated rings. The maximum atomic E-state index is 5.22. The van der Waals surface area contributed by atoms with Crippen LogP contribution < -0.4 is 10.1 Å². The molecule has 118 valence electrons. The molecule has 0 saturated heterocycles. The zero-order valence-electron chi connectivity index (χ0n) is 13.1. The summed E-state index contributed by atoms with van der Waals surface area (Å²) < 4.78 is 10.4. The fourth-order valence-electron chi connectivity index (χ4n) is 2.13. The Balaban J connectivity index is 1.59. The summed E-state index contributed by atoms with van der Waals surface area (Å²) in [7, 11) is 1.63. The largest absolute Gasteiger partial charge is 0.497 e. The molecule has 0 aliphatic heterocycles. The van der Waals surface area contributed by atoms with Gasteiger partial charge in [0.05, 0.1) is 7.11 Å². The Kier molecular flexibility index (Phi) is 4.52. The highest BCUT2D eigenvalue weighted by molar-refractivity contribution is 5.57. The van der Waals surface area contributed by atoms with Crippen molar-refractivity contribution in [1.29, 1.82) is 0 Å². The van der Waals surface area contributed by atoms with Gasteiger partial charge in [0.15, 0.2) is 0 Å². The zero-order chi connectivity index (χ0) is 16.1. The minimum absolute atomic E-state index is 0.405. The van der Waals surface area contributed by atoms with Crippen molar-refractivity contribution in [2.24, 2.45) is 0 Å². The van der Waals surface area contributed by atoms with Gasteiger partial charge in [-0.25, -0.2) is 0 Å². The SMILES string of the molecule is COc1cccc(-c2noc(NCCc3ccc(C)nc3)n2)c1. The Morgan fingerprint density at radius 2 is 2.13 bits per heavy atom. The molecular formula is C17H18N4O2. The highest BCUT2D eigenvalue weighted by atomic mass is 16.5. The van der Waals surface area contributed by atoms with Gasteiger partial charge in [0.1, 0.15) is 5.75 Å². The van der Waals surface area contributed by atoms with Crippen LogP contribution in [0, 0.1) is 6.92 Å². The van der Waals surface area contributed by atoms with E-state index in [-0.39, 0.29) is 0 Å². The number of hydrogen-bond donors (Lipinski definition) is 1. The summed E-state index contributed by atoms with van der Waals surface area (Å²) in [5.74, 6) is 1.29. The number of nitrogens with zero attached hydrogens (tertiary/aromatic N) is 3. The fourth-order valence-corrected chi connectivity index (χ4v) is 2.13. The van der Waals surface area contributed by atoms with E-state index >= 15 is 0 Å². The van der Waals surface area contributed by atoms with Crippen LogP contribution >= 0.6 is 0 Å². The number of benzene rings is 1. The Bertz CT molecular complexity index is 768. The second-order valence-corrected chi connectivity index (χ2v) is 5.14. The Hall–Kier alpha value is -2.89. The predicted molar refractivity (Wildman–Crippen MR) is 87.5 cm³/mol. The van der Waals surface area contributed by atoms with E-state index in [1.807, 2.05) is 43.5 Å². The second kappa shape index (κ2) is 6.91. The van der Waals surface area contributed by atoms with Gasteiger partial charge in [-0.2, -0.15) is 4.98 Å². The molecule has 3 rings (SSSR count). The van der Waals surface area contributed by atoms with Gasteiger partial charge < -0.3 is 14.6 Å². The first kappa shape index (κ1) is 15.0. The third-order valence-corrected chi connectivity index (χ3v) is 3.42. The normalized spacial score (nSPS) is 10.5. The van der Waals surface area contributed by atoms with Gasteiger partial charge in [0, 0.05) is 24.0 Å². The van der Waals surface area contributed by atoms with Gasteiger partial charge in [0.2, 0.25) is 5.82 Å². The summed E-state index contributed by atoms with van der Waals surface area (Å²) in [6.45, 7) is 2.67. The third-order valence-electron chi connectivity index (χ3n) is 3.42. The van der Waals surface area contributed by atoms with Crippen LogP contribution in [0.3, 0.4) is 0 Å². The van der Waals surface area contributed by atoms with Gasteiger partial charge in [-0.05, 0) is 37.1 Å². The summed E-state index contributed by atoms with van der Waals surface area (Å²) in [6, 6.07) is 12.0. The van der Waals surface area contributed by atoms with Gasteiger partial charge in [-0.15, -0.1) is 0 Å². The van der Waals surface area contributed by atoms with Crippen molar-refractivity contribution < 1.29 is 9.26 Å². The van der Waals surface area contributed by atoms with E-state index in [0.717, 1.165) is 29.0 Å². The lowest BCUT2D eigenvalue weighted by atomic mass is 10.2. The molecule has 0 saturated carbocycles. The third kappa shape index (κ3) is 3.85. The van der Waals surface area contributed by atoms with Crippen molar-refractivity contribution in [3.05, 3.63) is 53.9 Å². The number of anilines is 1. The molecule has 0 amide bonds. The second-order valence-electron chi connectivity index (χ2n) is 5.14. The van der Waals surface area contributed by atoms with Crippen LogP contribution in [-0.2, 0) is 6.42 Å². The van der Waals surface area contributed by atoms with Crippen LogP contribution in [0.1, 0.15) is 11.3 Å². The minimum atomic E-state index is 0.405. The predicted octanol–water partition coefficient (Wildman–Crippen LogP) is 3.10. The van der Waals surface area contributed by atoms with Crippen molar-refractivity contribution in [2.45, 2.75) is 13.3 Å². The molecule has 0 spiro atoms. The van der Waals surface area contributed by atoms with Crippen LogP contribution in [0.4, 0.5) is 6.01 Å². The number of rotatable bonds is 6. The van der Waals surface area contributed by atoms with E-state index in [1.165, 1.54) is 0 Å². The van der Waals surface area contributed by atoms with Crippen LogP contribution in [0.2, 0.25) is 0 Å². The molecular weight excluding hydrogens is 292 g/mol. The lowest BCUT2D eigenvalue weighted by Gasteiger charge is -2.02. The number of aromatic nitrogens is 3. The molecule has 6 nitrogen and oxygen atoms in total. The lowest BCUT2D eigenvalue weighted by molar-refractivity contribution is 0.414. The molecule has 2 heterocycles. The monoisotopic (exact) mass is 310 g/mol. The van der Waals surface area contributed by atoms with Crippen molar-refractivity contribution >= 4 is 6.01 Å². The molecule has 23 heavy (non-hydrogen) atoms. The van der Waals surface area contributed by atoms with E-state index in [0.29, 0.717) is 18.4 Å². The summed E-state index contributed by atoms with van der Waals surface area (Å²) in [6.07, 6.45) is 2.72. The Morgan fingerprint density at radius 3 is 2.91 bits per heavy atom. The zero-order valence-corrected chi connectivity index (χ0v) is 13.1. The first-order chi connectivity index (χ1) is 11.2. The topological polar surface area (TPSA) is 73.1 Å². The van der Waals surface area contributed by atoms with Gasteiger partial charge in [-0.3, -0.25) is 4.98 Å². The maximum Gasteiger partial charge on any atom is 0.321 e. The van der Waals surface area contributed by atoms with Gasteiger partial charge >= 0.3 is 6.01 Å². The fraction of sp³-hybridized carbons (Fsp3) is 0.235. The number of pyridine rings is 1. The smallest absolute Gasteiger partial charge is 0.321 e. The van der Waals surface area contributed by atoms with Gasteiger partial charge in [-0.1, -0.05) is 23.4 Å². The quantitative estimate of drug-likeness (QED) is 0.754. The number of nitrogens with one attached hydrogen (secondary N) is 1. The van der Waals surface area contributed by atoms with E-state index in [2.05, 4.69) is 26.5 Å². The highest BCUT2D eigenvalue weighted by Crippen LogP contribution is 2.22. The highest BCUT2D eigenvalue weighted by Gasteiger charge is 2.08. The summed E-state index contributed by atoms with van der Waals surface area (Å²) >= 11 is 0. The standard InChI is InChI=1S/C17H18N4O2/c1-12-6-7-13(11-19-12)8-9-18-17-20-16(21-23-17)14-4-3-5-15(10-14)22-2/h3-7,10-11H,8-9H2,1-2H3,(H,18,20,21). The van der Waals surface area contributed by atoms with Crippen molar-refractivity contribution in [3.8, 4) is 17.1 Å². The molecule has 0 aliphatic rings. The lowest BCUT2D eigenvalue weighted by Crippen LogP contribution is -2.05. The number of ether oxygens (including phenoxy) is 1. The summed E-state index contributed by atoms with van der Waals surface area (Å²) in [4.78, 5) is 8.61. The van der Waals surface area contributed by atoms with Crippen molar-refractivity contribution in [3.63, 3.8) is 0 Å². The number of hydrogen-bond acceptors (Lipinski definition) is 6. The van der Waals surface area contributed by atoms with Crippen LogP contribution in [-0.4, -0.2) is 28.8 Å². The molecule has 1 aromatic carbocycles. The van der Waals surface area contributed by atoms with E-state index in [9.17, 15) is 0 Å². The van der Waals surface area contributed by atoms with E-state index in [1.54, 1.807) is 7.11 Å². The molecule has 0 bridgehead atoms. The Morgan fingerprint density at radius 1 is 1.22 bits per heavy atom. The van der Waals surface area contributed by atoms with Crippen molar-refractivity contribution in [2.75, 3.05) is 19.0 Å². The average molecular weight is 310 g/mol. The average Bonchev–Trinajstić information content (AvgIpc) is 3.06. The first-order valence-corrected chi connectivity index (χ1v) is 7.38. The van der Waals surface area contributed by atoms with Gasteiger partial charge in [0.25, 0.3) is 0 Å². The van der Waals surface area contributed by atoms with E-state index < -0.39 is 0 Å². The molecule has 2 aromatic heterocycles. The summed E-state index contributed by atoms with van der Waals surface area (Å²) in [5.41, 5.74) is 3.03. The molecule has 6 heteroatoms.